The Morgan fingerprint density at radius 2 is 1.54 bits per heavy atom. The zero-order valence-electron chi connectivity index (χ0n) is 22.0. The van der Waals surface area contributed by atoms with Crippen LogP contribution in [0.2, 0.25) is 0 Å². The molecule has 0 heterocycles. The molecule has 0 fully saturated rings. The average molecular weight is 502 g/mol. The zero-order chi connectivity index (χ0) is 26.4. The minimum atomic E-state index is -3.75. The first kappa shape index (κ1) is 28.4. The third-order valence-electron chi connectivity index (χ3n) is 5.91. The van der Waals surface area contributed by atoms with Gasteiger partial charge in [-0.3, -0.25) is 13.9 Å². The molecule has 0 bridgehead atoms. The summed E-state index contributed by atoms with van der Waals surface area (Å²) in [5, 5.41) is 2.80. The zero-order valence-corrected chi connectivity index (χ0v) is 22.8. The highest BCUT2D eigenvalue weighted by Crippen LogP contribution is 2.26. The number of rotatable bonds is 10. The van der Waals surface area contributed by atoms with Crippen LogP contribution in [-0.2, 0) is 31.6 Å². The predicted molar refractivity (Wildman–Crippen MR) is 142 cm³/mol. The summed E-state index contributed by atoms with van der Waals surface area (Å²) in [5.41, 5.74) is 3.34. The molecule has 2 amide bonds. The first-order chi connectivity index (χ1) is 16.3. The number of carbonyl (C=O) groups excluding carboxylic acids is 2. The second-order valence-electron chi connectivity index (χ2n) is 9.89. The molecule has 0 aliphatic heterocycles. The van der Waals surface area contributed by atoms with Gasteiger partial charge in [0.15, 0.2) is 0 Å². The van der Waals surface area contributed by atoms with Gasteiger partial charge in [0.25, 0.3) is 0 Å². The Morgan fingerprint density at radius 1 is 0.971 bits per heavy atom. The molecule has 1 atom stereocenters. The van der Waals surface area contributed by atoms with Crippen LogP contribution < -0.4 is 9.62 Å². The van der Waals surface area contributed by atoms with Crippen molar-refractivity contribution in [1.29, 1.82) is 0 Å². The fourth-order valence-corrected chi connectivity index (χ4v) is 4.69. The van der Waals surface area contributed by atoms with Gasteiger partial charge >= 0.3 is 0 Å². The van der Waals surface area contributed by atoms with E-state index in [1.54, 1.807) is 12.1 Å². The lowest BCUT2D eigenvalue weighted by Crippen LogP contribution is -2.52. The van der Waals surface area contributed by atoms with E-state index in [1.165, 1.54) is 4.90 Å². The Bertz CT molecular complexity index is 1100. The van der Waals surface area contributed by atoms with Crippen molar-refractivity contribution in [3.05, 3.63) is 65.2 Å². The van der Waals surface area contributed by atoms with E-state index >= 15 is 0 Å². The molecule has 192 valence electrons. The maximum atomic E-state index is 13.6. The van der Waals surface area contributed by atoms with Crippen LogP contribution in [0, 0.1) is 6.92 Å². The number of carbonyl (C=O) groups is 2. The number of aryl methyl sites for hydroxylation is 1. The molecule has 0 aromatic heterocycles. The Labute approximate surface area is 210 Å². The van der Waals surface area contributed by atoms with Crippen molar-refractivity contribution < 1.29 is 18.0 Å². The van der Waals surface area contributed by atoms with Gasteiger partial charge in [-0.2, -0.15) is 0 Å². The monoisotopic (exact) mass is 501 g/mol. The number of sulfonamides is 1. The summed E-state index contributed by atoms with van der Waals surface area (Å²) in [7, 11) is -3.75. The van der Waals surface area contributed by atoms with Gasteiger partial charge in [0, 0.05) is 13.1 Å². The second kappa shape index (κ2) is 11.7. The van der Waals surface area contributed by atoms with E-state index in [4.69, 9.17) is 0 Å². The largest absolute Gasteiger partial charge is 0.355 e. The van der Waals surface area contributed by atoms with Crippen LogP contribution in [0.15, 0.2) is 48.5 Å². The number of benzene rings is 2. The molecule has 2 rings (SSSR count). The number of likely N-dealkylation sites (N-methyl/N-ethyl adjacent to an activating group) is 1. The molecule has 2 aromatic carbocycles. The number of hydrogen-bond acceptors (Lipinski definition) is 4. The van der Waals surface area contributed by atoms with Gasteiger partial charge in [-0.25, -0.2) is 8.42 Å². The first-order valence-corrected chi connectivity index (χ1v) is 13.8. The number of hydrogen-bond donors (Lipinski definition) is 1. The van der Waals surface area contributed by atoms with Crippen LogP contribution in [0.4, 0.5) is 5.69 Å². The topological polar surface area (TPSA) is 86.8 Å². The van der Waals surface area contributed by atoms with Crippen LogP contribution in [0.1, 0.15) is 57.7 Å². The van der Waals surface area contributed by atoms with Gasteiger partial charge in [0.05, 0.1) is 11.9 Å². The number of amides is 2. The summed E-state index contributed by atoms with van der Waals surface area (Å²) in [6.45, 7) is 12.1. The minimum absolute atomic E-state index is 0.0872. The van der Waals surface area contributed by atoms with E-state index in [-0.39, 0.29) is 17.9 Å². The van der Waals surface area contributed by atoms with E-state index in [0.29, 0.717) is 18.7 Å². The lowest BCUT2D eigenvalue weighted by Gasteiger charge is -2.33. The second-order valence-corrected chi connectivity index (χ2v) is 11.8. The fourth-order valence-electron chi connectivity index (χ4n) is 3.84. The minimum Gasteiger partial charge on any atom is -0.355 e. The van der Waals surface area contributed by atoms with Gasteiger partial charge in [-0.15, -0.1) is 0 Å². The molecule has 0 saturated carbocycles. The summed E-state index contributed by atoms with van der Waals surface area (Å²) in [4.78, 5) is 27.9. The van der Waals surface area contributed by atoms with Gasteiger partial charge in [0.1, 0.15) is 12.6 Å². The average Bonchev–Trinajstić information content (AvgIpc) is 2.77. The molecular formula is C27H39N3O4S. The van der Waals surface area contributed by atoms with Gasteiger partial charge in [0.2, 0.25) is 21.8 Å². The third-order valence-corrected chi connectivity index (χ3v) is 7.05. The number of nitrogens with one attached hydrogen (secondary N) is 1. The summed E-state index contributed by atoms with van der Waals surface area (Å²) >= 11 is 0. The Morgan fingerprint density at radius 3 is 2.00 bits per heavy atom. The van der Waals surface area contributed by atoms with E-state index in [2.05, 4.69) is 26.1 Å². The lowest BCUT2D eigenvalue weighted by molar-refractivity contribution is -0.140. The van der Waals surface area contributed by atoms with Gasteiger partial charge in [-0.05, 0) is 48.9 Å². The molecule has 35 heavy (non-hydrogen) atoms. The predicted octanol–water partition coefficient (Wildman–Crippen LogP) is 4.00. The quantitative estimate of drug-likeness (QED) is 0.533. The van der Waals surface area contributed by atoms with Crippen molar-refractivity contribution in [1.82, 2.24) is 10.2 Å². The van der Waals surface area contributed by atoms with E-state index in [0.717, 1.165) is 27.3 Å². The summed E-state index contributed by atoms with van der Waals surface area (Å²) in [5.74, 6) is -0.690. The molecule has 7 nitrogen and oxygen atoms in total. The number of nitrogens with zero attached hydrogens (tertiary/aromatic N) is 2. The lowest BCUT2D eigenvalue weighted by atomic mass is 9.87. The molecule has 8 heteroatoms. The molecule has 1 N–H and O–H groups in total. The normalized spacial score (nSPS) is 12.7. The first-order valence-electron chi connectivity index (χ1n) is 12.0. The maximum absolute atomic E-state index is 13.6. The van der Waals surface area contributed by atoms with Crippen molar-refractivity contribution in [2.75, 3.05) is 23.7 Å². The van der Waals surface area contributed by atoms with Crippen molar-refractivity contribution in [2.45, 2.75) is 66.0 Å². The molecule has 0 spiro atoms. The third kappa shape index (κ3) is 7.82. The summed E-state index contributed by atoms with van der Waals surface area (Å²) in [6, 6.07) is 14.2. The van der Waals surface area contributed by atoms with E-state index < -0.39 is 28.5 Å². The highest BCUT2D eigenvalue weighted by atomic mass is 32.2. The molecule has 0 saturated heterocycles. The highest BCUT2D eigenvalue weighted by molar-refractivity contribution is 7.92. The van der Waals surface area contributed by atoms with Crippen LogP contribution in [0.3, 0.4) is 0 Å². The van der Waals surface area contributed by atoms with Crippen LogP contribution in [-0.4, -0.2) is 50.5 Å². The van der Waals surface area contributed by atoms with Crippen LogP contribution >= 0.6 is 0 Å². The summed E-state index contributed by atoms with van der Waals surface area (Å²) in [6.07, 6.45) is 1.49. The standard InChI is InChI=1S/C27H39N3O4S/c1-8-24(26(32)28-9-2)29(18-21-12-10-20(3)11-13-21)25(31)19-30(35(7,33)34)23-16-14-22(15-17-23)27(4,5)6/h10-17,24H,8-9,18-19H2,1-7H3,(H,28,32). The van der Waals surface area contributed by atoms with Crippen molar-refractivity contribution in [3.8, 4) is 0 Å². The fraction of sp³-hybridized carbons (Fsp3) is 0.481. The Hall–Kier alpha value is -2.87. The molecule has 0 aliphatic carbocycles. The van der Waals surface area contributed by atoms with Gasteiger partial charge < -0.3 is 10.2 Å². The van der Waals surface area contributed by atoms with Crippen molar-refractivity contribution in [3.63, 3.8) is 0 Å². The Balaban J connectivity index is 2.42. The molecule has 1 unspecified atom stereocenters. The van der Waals surface area contributed by atoms with Crippen LogP contribution in [0.5, 0.6) is 0 Å². The van der Waals surface area contributed by atoms with Crippen molar-refractivity contribution in [2.24, 2.45) is 0 Å². The van der Waals surface area contributed by atoms with E-state index in [1.807, 2.05) is 57.2 Å². The summed E-state index contributed by atoms with van der Waals surface area (Å²) < 4.78 is 26.5. The molecule has 0 aliphatic rings. The smallest absolute Gasteiger partial charge is 0.244 e. The SMILES string of the molecule is CCNC(=O)C(CC)N(Cc1ccc(C)cc1)C(=O)CN(c1ccc(C(C)(C)C)cc1)S(C)(=O)=O. The van der Waals surface area contributed by atoms with Gasteiger partial charge in [-0.1, -0.05) is 69.7 Å². The molecule has 0 radical (unpaired) electrons. The number of anilines is 1. The van der Waals surface area contributed by atoms with Crippen molar-refractivity contribution >= 4 is 27.5 Å². The van der Waals surface area contributed by atoms with Crippen LogP contribution in [0.25, 0.3) is 0 Å². The molecule has 2 aromatic rings. The Kier molecular flexibility index (Phi) is 9.49. The highest BCUT2D eigenvalue weighted by Gasteiger charge is 2.31. The molecular weight excluding hydrogens is 462 g/mol. The van der Waals surface area contributed by atoms with E-state index in [9.17, 15) is 18.0 Å². The maximum Gasteiger partial charge on any atom is 0.244 e.